The van der Waals surface area contributed by atoms with Crippen molar-refractivity contribution >= 4 is 17.5 Å². The number of nitrogens with zero attached hydrogens (tertiary/aromatic N) is 2. The van der Waals surface area contributed by atoms with Crippen molar-refractivity contribution in [1.29, 1.82) is 0 Å². The van der Waals surface area contributed by atoms with Crippen molar-refractivity contribution in [3.05, 3.63) is 65.7 Å². The number of rotatable bonds is 5. The quantitative estimate of drug-likeness (QED) is 0.368. The number of hydrazine groups is 1. The molecule has 1 heterocycles. The molecule has 1 aliphatic rings. The van der Waals surface area contributed by atoms with Gasteiger partial charge in [-0.25, -0.2) is 5.84 Å². The maximum atomic E-state index is 12.0. The summed E-state index contributed by atoms with van der Waals surface area (Å²) in [6.07, 6.45) is 0.733. The number of anilines is 1. The van der Waals surface area contributed by atoms with Crippen molar-refractivity contribution in [2.45, 2.75) is 12.8 Å². The molecule has 1 fully saturated rings. The minimum atomic E-state index is -0.452. The van der Waals surface area contributed by atoms with Gasteiger partial charge in [0.2, 0.25) is 11.8 Å². The molecule has 0 saturated carbocycles. The van der Waals surface area contributed by atoms with Crippen LogP contribution in [0.25, 0.3) is 0 Å². The molecular formula is C20H24N4O2. The summed E-state index contributed by atoms with van der Waals surface area (Å²) >= 11 is 0. The van der Waals surface area contributed by atoms with E-state index >= 15 is 0 Å². The molecule has 2 aromatic rings. The lowest BCUT2D eigenvalue weighted by Crippen LogP contribution is -2.49. The Labute approximate surface area is 153 Å². The first kappa shape index (κ1) is 17.9. The first-order valence-corrected chi connectivity index (χ1v) is 8.81. The highest BCUT2D eigenvalue weighted by molar-refractivity contribution is 5.96. The molecule has 6 heteroatoms. The first-order chi connectivity index (χ1) is 12.7. The van der Waals surface area contributed by atoms with E-state index in [1.807, 2.05) is 11.5 Å². The zero-order valence-corrected chi connectivity index (χ0v) is 14.7. The highest BCUT2D eigenvalue weighted by Gasteiger charge is 2.22. The maximum absolute atomic E-state index is 12.0. The van der Waals surface area contributed by atoms with Gasteiger partial charge in [-0.15, -0.1) is 0 Å². The van der Waals surface area contributed by atoms with E-state index in [1.54, 1.807) is 4.90 Å². The van der Waals surface area contributed by atoms with E-state index in [0.717, 1.165) is 25.2 Å². The Morgan fingerprint density at radius 2 is 1.50 bits per heavy atom. The van der Waals surface area contributed by atoms with Crippen LogP contribution >= 0.6 is 0 Å². The molecule has 1 saturated heterocycles. The molecule has 2 amide bonds. The number of hydrogen-bond acceptors (Lipinski definition) is 4. The minimum Gasteiger partial charge on any atom is -0.368 e. The number of amides is 2. The number of hydrogen-bond donors (Lipinski definition) is 2. The molecule has 26 heavy (non-hydrogen) atoms. The molecule has 1 aliphatic heterocycles. The van der Waals surface area contributed by atoms with Crippen molar-refractivity contribution in [2.24, 2.45) is 5.84 Å². The Balaban J connectivity index is 1.53. The normalized spacial score (nSPS) is 14.2. The summed E-state index contributed by atoms with van der Waals surface area (Å²) in [5, 5.41) is 0. The van der Waals surface area contributed by atoms with E-state index in [0.29, 0.717) is 13.1 Å². The monoisotopic (exact) mass is 352 g/mol. The molecule has 0 bridgehead atoms. The third-order valence-corrected chi connectivity index (χ3v) is 4.66. The van der Waals surface area contributed by atoms with E-state index in [9.17, 15) is 9.59 Å². The van der Waals surface area contributed by atoms with Crippen LogP contribution in [0.5, 0.6) is 0 Å². The van der Waals surface area contributed by atoms with Gasteiger partial charge in [-0.2, -0.15) is 0 Å². The van der Waals surface area contributed by atoms with Crippen LogP contribution in [0, 0.1) is 0 Å². The molecule has 2 aromatic carbocycles. The lowest BCUT2D eigenvalue weighted by molar-refractivity contribution is -0.136. The predicted molar refractivity (Wildman–Crippen MR) is 101 cm³/mol. The second kappa shape index (κ2) is 8.49. The van der Waals surface area contributed by atoms with Gasteiger partial charge >= 0.3 is 0 Å². The molecule has 3 rings (SSSR count). The van der Waals surface area contributed by atoms with E-state index < -0.39 is 5.91 Å². The van der Waals surface area contributed by atoms with E-state index in [1.165, 1.54) is 11.1 Å². The highest BCUT2D eigenvalue weighted by atomic mass is 16.2. The fourth-order valence-corrected chi connectivity index (χ4v) is 3.17. The molecule has 0 aliphatic carbocycles. The summed E-state index contributed by atoms with van der Waals surface area (Å²) in [5.74, 6) is 4.40. The Morgan fingerprint density at radius 3 is 2.12 bits per heavy atom. The number of nitrogens with two attached hydrogens (primary N) is 1. The summed E-state index contributed by atoms with van der Waals surface area (Å²) in [4.78, 5) is 27.2. The zero-order valence-electron chi connectivity index (χ0n) is 14.7. The summed E-state index contributed by atoms with van der Waals surface area (Å²) in [7, 11) is 0. The third kappa shape index (κ3) is 4.61. The van der Waals surface area contributed by atoms with Gasteiger partial charge in [-0.05, 0) is 29.7 Å². The van der Waals surface area contributed by atoms with Crippen LogP contribution in [0.2, 0.25) is 0 Å². The average molecular weight is 352 g/mol. The van der Waals surface area contributed by atoms with Crippen molar-refractivity contribution in [1.82, 2.24) is 10.3 Å². The second-order valence-electron chi connectivity index (χ2n) is 6.44. The minimum absolute atomic E-state index is 0.175. The topological polar surface area (TPSA) is 78.7 Å². The molecule has 0 radical (unpaired) electrons. The van der Waals surface area contributed by atoms with Crippen molar-refractivity contribution in [3.63, 3.8) is 0 Å². The summed E-state index contributed by atoms with van der Waals surface area (Å²) < 4.78 is 0. The third-order valence-electron chi connectivity index (χ3n) is 4.66. The lowest BCUT2D eigenvalue weighted by Gasteiger charge is -2.36. The van der Waals surface area contributed by atoms with Gasteiger partial charge in [-0.3, -0.25) is 15.0 Å². The fraction of sp³-hybridized carbons (Fsp3) is 0.300. The molecule has 0 unspecified atom stereocenters. The molecule has 0 atom stereocenters. The van der Waals surface area contributed by atoms with Crippen LogP contribution < -0.4 is 16.2 Å². The van der Waals surface area contributed by atoms with E-state index in [2.05, 4.69) is 53.4 Å². The van der Waals surface area contributed by atoms with Gasteiger partial charge < -0.3 is 9.80 Å². The molecular weight excluding hydrogens is 328 g/mol. The Hall–Kier alpha value is -2.86. The van der Waals surface area contributed by atoms with Crippen LogP contribution in [0.3, 0.4) is 0 Å². The predicted octanol–water partition coefficient (Wildman–Crippen LogP) is 1.31. The number of piperazine rings is 1. The molecule has 0 spiro atoms. The fourth-order valence-electron chi connectivity index (χ4n) is 3.17. The van der Waals surface area contributed by atoms with Crippen LogP contribution in [-0.2, 0) is 16.0 Å². The lowest BCUT2D eigenvalue weighted by atomic mass is 10.0. The summed E-state index contributed by atoms with van der Waals surface area (Å²) in [6, 6.07) is 19.0. The van der Waals surface area contributed by atoms with E-state index in [4.69, 9.17) is 5.84 Å². The standard InChI is InChI=1S/C20H24N4O2/c21-22-19(25)15-20(26)24-12-10-23(11-13-24)18-8-6-17(7-9-18)14-16-4-2-1-3-5-16/h1-9H,10-15,21H2,(H,22,25). The Bertz CT molecular complexity index is 738. The van der Waals surface area contributed by atoms with Crippen LogP contribution in [0.4, 0.5) is 5.69 Å². The Morgan fingerprint density at radius 1 is 0.885 bits per heavy atom. The average Bonchev–Trinajstić information content (AvgIpc) is 2.69. The first-order valence-electron chi connectivity index (χ1n) is 8.81. The van der Waals surface area contributed by atoms with Gasteiger partial charge in [-0.1, -0.05) is 42.5 Å². The van der Waals surface area contributed by atoms with Crippen molar-refractivity contribution in [3.8, 4) is 0 Å². The van der Waals surface area contributed by atoms with E-state index in [-0.39, 0.29) is 12.3 Å². The number of carbonyl (C=O) groups excluding carboxylic acids is 2. The zero-order chi connectivity index (χ0) is 18.4. The van der Waals surface area contributed by atoms with Gasteiger partial charge in [0.05, 0.1) is 0 Å². The van der Waals surface area contributed by atoms with Gasteiger partial charge in [0.15, 0.2) is 0 Å². The smallest absolute Gasteiger partial charge is 0.243 e. The summed E-state index contributed by atoms with van der Waals surface area (Å²) in [6.45, 7) is 2.74. The van der Waals surface area contributed by atoms with Crippen LogP contribution in [0.15, 0.2) is 54.6 Å². The second-order valence-corrected chi connectivity index (χ2v) is 6.44. The van der Waals surface area contributed by atoms with Gasteiger partial charge in [0.25, 0.3) is 0 Å². The van der Waals surface area contributed by atoms with Gasteiger partial charge in [0, 0.05) is 31.9 Å². The number of benzene rings is 2. The highest BCUT2D eigenvalue weighted by Crippen LogP contribution is 2.19. The number of nitrogens with one attached hydrogen (secondary N) is 1. The molecule has 3 N–H and O–H groups in total. The summed E-state index contributed by atoms with van der Waals surface area (Å²) in [5.41, 5.74) is 5.74. The van der Waals surface area contributed by atoms with Crippen LogP contribution in [-0.4, -0.2) is 42.9 Å². The SMILES string of the molecule is NNC(=O)CC(=O)N1CCN(c2ccc(Cc3ccccc3)cc2)CC1. The largest absolute Gasteiger partial charge is 0.368 e. The maximum Gasteiger partial charge on any atom is 0.243 e. The molecule has 0 aromatic heterocycles. The molecule has 136 valence electrons. The molecule has 6 nitrogen and oxygen atoms in total. The van der Waals surface area contributed by atoms with Crippen molar-refractivity contribution < 1.29 is 9.59 Å². The Kier molecular flexibility index (Phi) is 5.86. The van der Waals surface area contributed by atoms with Crippen molar-refractivity contribution in [2.75, 3.05) is 31.1 Å². The number of carbonyl (C=O) groups is 2. The van der Waals surface area contributed by atoms with Gasteiger partial charge in [0.1, 0.15) is 6.42 Å². The van der Waals surface area contributed by atoms with Crippen LogP contribution in [0.1, 0.15) is 17.5 Å².